The van der Waals surface area contributed by atoms with E-state index in [-0.39, 0.29) is 17.7 Å². The lowest BCUT2D eigenvalue weighted by Crippen LogP contribution is -2.46. The van der Waals surface area contributed by atoms with Gasteiger partial charge in [-0.05, 0) is 36.2 Å². The monoisotopic (exact) mass is 428 g/mol. The molecule has 2 aromatic rings. The van der Waals surface area contributed by atoms with Crippen LogP contribution in [-0.2, 0) is 11.0 Å². The Kier molecular flexibility index (Phi) is 5.72. The van der Waals surface area contributed by atoms with Crippen LogP contribution < -0.4 is 10.6 Å². The molecule has 30 heavy (non-hydrogen) atoms. The van der Waals surface area contributed by atoms with Crippen molar-refractivity contribution in [3.63, 3.8) is 0 Å². The third-order valence-electron chi connectivity index (χ3n) is 4.77. The molecule has 1 unspecified atom stereocenters. The first-order chi connectivity index (χ1) is 14.0. The van der Waals surface area contributed by atoms with Gasteiger partial charge in [0.1, 0.15) is 6.04 Å². The van der Waals surface area contributed by atoms with Crippen molar-refractivity contribution in [2.45, 2.75) is 36.8 Å². The van der Waals surface area contributed by atoms with Gasteiger partial charge in [0, 0.05) is 12.1 Å². The second-order valence-corrected chi connectivity index (χ2v) is 6.73. The zero-order valence-corrected chi connectivity index (χ0v) is 15.1. The molecule has 0 saturated carbocycles. The molecule has 1 fully saturated rings. The van der Waals surface area contributed by atoms with E-state index in [9.17, 15) is 31.1 Å². The molecular weight excluding hydrogens is 414 g/mol. The van der Waals surface area contributed by atoms with E-state index in [2.05, 4.69) is 15.6 Å². The summed E-state index contributed by atoms with van der Waals surface area (Å²) in [6.45, 7) is 0. The fourth-order valence-electron chi connectivity index (χ4n) is 3.42. The van der Waals surface area contributed by atoms with E-state index in [1.165, 1.54) is 30.6 Å². The van der Waals surface area contributed by atoms with Gasteiger partial charge in [0.05, 0.1) is 35.1 Å². The summed E-state index contributed by atoms with van der Waals surface area (Å²) in [7, 11) is 0. The van der Waals surface area contributed by atoms with E-state index < -0.39 is 47.4 Å². The van der Waals surface area contributed by atoms with Gasteiger partial charge < -0.3 is 5.32 Å². The largest absolute Gasteiger partial charge is 0.417 e. The summed E-state index contributed by atoms with van der Waals surface area (Å²) in [5.74, 6) is -2.20. The van der Waals surface area contributed by atoms with Gasteiger partial charge in [-0.15, -0.1) is 0 Å². The molecule has 2 N–H and O–H groups in total. The molecule has 158 valence electrons. The van der Waals surface area contributed by atoms with Crippen molar-refractivity contribution in [2.75, 3.05) is 5.32 Å². The maximum atomic E-state index is 13.6. The Labute approximate surface area is 166 Å². The number of hydrogen-bond donors (Lipinski definition) is 2. The number of carbonyl (C=O) groups excluding carboxylic acids is 1. The van der Waals surface area contributed by atoms with Gasteiger partial charge in [-0.3, -0.25) is 15.1 Å². The van der Waals surface area contributed by atoms with Crippen LogP contribution >= 0.6 is 0 Å². The molecule has 3 atom stereocenters. The van der Waals surface area contributed by atoms with Gasteiger partial charge in [-0.2, -0.15) is 31.6 Å². The van der Waals surface area contributed by atoms with Crippen LogP contribution in [0.25, 0.3) is 0 Å². The normalized spacial score (nSPS) is 21.8. The number of hydrogen-bond acceptors (Lipinski definition) is 4. The quantitative estimate of drug-likeness (QED) is 0.725. The second-order valence-electron chi connectivity index (χ2n) is 6.73. The van der Waals surface area contributed by atoms with Crippen LogP contribution in [0, 0.1) is 11.3 Å². The molecule has 1 aliphatic heterocycles. The molecular formula is C19H14F6N4O. The number of alkyl halides is 6. The Morgan fingerprint density at radius 3 is 2.50 bits per heavy atom. The van der Waals surface area contributed by atoms with E-state index in [4.69, 9.17) is 5.26 Å². The number of benzene rings is 1. The molecule has 1 saturated heterocycles. The number of halogens is 6. The lowest BCUT2D eigenvalue weighted by molar-refractivity contribution is -0.156. The van der Waals surface area contributed by atoms with Crippen LogP contribution in [0.4, 0.5) is 32.0 Å². The predicted octanol–water partition coefficient (Wildman–Crippen LogP) is 3.99. The fraction of sp³-hybridized carbons (Fsp3) is 0.316. The van der Waals surface area contributed by atoms with Crippen molar-refractivity contribution in [3.8, 4) is 6.07 Å². The maximum Gasteiger partial charge on any atom is 0.417 e. The zero-order valence-electron chi connectivity index (χ0n) is 15.1. The zero-order chi connectivity index (χ0) is 22.1. The lowest BCUT2D eigenvalue weighted by Gasteiger charge is -2.23. The SMILES string of the molecule is N#Cc1ccc(C2C[C@@H](C(=O)Nc3cccnc3)N[C@H]2C(F)(F)F)cc1C(F)(F)F. The van der Waals surface area contributed by atoms with Gasteiger partial charge in [0.2, 0.25) is 5.91 Å². The lowest BCUT2D eigenvalue weighted by atomic mass is 9.88. The van der Waals surface area contributed by atoms with E-state index in [1.54, 1.807) is 0 Å². The van der Waals surface area contributed by atoms with Crippen molar-refractivity contribution in [2.24, 2.45) is 0 Å². The Hall–Kier alpha value is -3.13. The summed E-state index contributed by atoms with van der Waals surface area (Å²) in [5, 5.41) is 13.5. The van der Waals surface area contributed by atoms with Crippen LogP contribution in [0.15, 0.2) is 42.7 Å². The highest BCUT2D eigenvalue weighted by Gasteiger charge is 2.52. The number of nitrogens with one attached hydrogen (secondary N) is 2. The molecule has 1 aromatic carbocycles. The fourth-order valence-corrected chi connectivity index (χ4v) is 3.42. The van der Waals surface area contributed by atoms with Gasteiger partial charge in [0.15, 0.2) is 0 Å². The van der Waals surface area contributed by atoms with E-state index in [0.717, 1.165) is 12.1 Å². The highest BCUT2D eigenvalue weighted by Crippen LogP contribution is 2.42. The molecule has 1 aliphatic rings. The summed E-state index contributed by atoms with van der Waals surface area (Å²) in [6, 6.07) is 3.34. The first-order valence-electron chi connectivity index (χ1n) is 8.65. The van der Waals surface area contributed by atoms with Crippen LogP contribution in [0.1, 0.15) is 29.0 Å². The summed E-state index contributed by atoms with van der Waals surface area (Å²) in [5.41, 5.74) is -1.99. The van der Waals surface area contributed by atoms with Crippen molar-refractivity contribution < 1.29 is 31.1 Å². The van der Waals surface area contributed by atoms with Gasteiger partial charge in [0.25, 0.3) is 0 Å². The van der Waals surface area contributed by atoms with Gasteiger partial charge in [-0.25, -0.2) is 0 Å². The van der Waals surface area contributed by atoms with Crippen LogP contribution in [0.2, 0.25) is 0 Å². The number of rotatable bonds is 3. The summed E-state index contributed by atoms with van der Waals surface area (Å²) >= 11 is 0. The summed E-state index contributed by atoms with van der Waals surface area (Å²) in [6.07, 6.45) is -7.33. The number of anilines is 1. The Bertz CT molecular complexity index is 968. The van der Waals surface area contributed by atoms with Crippen LogP contribution in [-0.4, -0.2) is 29.2 Å². The molecule has 1 amide bonds. The van der Waals surface area contributed by atoms with Crippen LogP contribution in [0.5, 0.6) is 0 Å². The molecule has 11 heteroatoms. The number of carbonyl (C=O) groups is 1. The minimum atomic E-state index is -4.90. The number of amides is 1. The second kappa shape index (κ2) is 7.95. The summed E-state index contributed by atoms with van der Waals surface area (Å²) < 4.78 is 80.3. The minimum Gasteiger partial charge on any atom is -0.323 e. The third kappa shape index (κ3) is 4.54. The van der Waals surface area contributed by atoms with E-state index in [1.807, 2.05) is 0 Å². The van der Waals surface area contributed by atoms with E-state index in [0.29, 0.717) is 6.07 Å². The Morgan fingerprint density at radius 1 is 1.20 bits per heavy atom. The Morgan fingerprint density at radius 2 is 1.93 bits per heavy atom. The minimum absolute atomic E-state index is 0.257. The predicted molar refractivity (Wildman–Crippen MR) is 93.2 cm³/mol. The first kappa shape index (κ1) is 21.6. The van der Waals surface area contributed by atoms with Crippen molar-refractivity contribution >= 4 is 11.6 Å². The topological polar surface area (TPSA) is 77.8 Å². The van der Waals surface area contributed by atoms with Gasteiger partial charge in [-0.1, -0.05) is 6.07 Å². The van der Waals surface area contributed by atoms with Crippen LogP contribution in [0.3, 0.4) is 0 Å². The maximum absolute atomic E-state index is 13.6. The molecule has 0 aliphatic carbocycles. The molecule has 3 rings (SSSR count). The van der Waals surface area contributed by atoms with Crippen molar-refractivity contribution in [3.05, 3.63) is 59.4 Å². The molecule has 0 bridgehead atoms. The first-order valence-corrected chi connectivity index (χ1v) is 8.65. The molecule has 2 heterocycles. The third-order valence-corrected chi connectivity index (χ3v) is 4.77. The number of nitriles is 1. The van der Waals surface area contributed by atoms with E-state index >= 15 is 0 Å². The Balaban J connectivity index is 1.91. The number of aromatic nitrogens is 1. The molecule has 5 nitrogen and oxygen atoms in total. The average Bonchev–Trinajstić information content (AvgIpc) is 3.14. The molecule has 0 radical (unpaired) electrons. The molecule has 1 aromatic heterocycles. The smallest absolute Gasteiger partial charge is 0.323 e. The summed E-state index contributed by atoms with van der Waals surface area (Å²) in [4.78, 5) is 16.2. The van der Waals surface area contributed by atoms with Gasteiger partial charge >= 0.3 is 12.4 Å². The molecule has 0 spiro atoms. The standard InChI is InChI=1S/C19H14F6N4O/c20-18(21,22)14-6-10(3-4-11(14)8-26)13-7-15(29-16(13)19(23,24)25)17(30)28-12-2-1-5-27-9-12/h1-6,9,13,15-16,29H,7H2,(H,28,30)/t13?,15-,16+/m0/s1. The average molecular weight is 428 g/mol. The highest BCUT2D eigenvalue weighted by molar-refractivity contribution is 5.95. The number of nitrogens with zero attached hydrogens (tertiary/aromatic N) is 2. The van der Waals surface area contributed by atoms with Crippen molar-refractivity contribution in [1.29, 1.82) is 5.26 Å². The van der Waals surface area contributed by atoms with Crippen molar-refractivity contribution in [1.82, 2.24) is 10.3 Å². The number of pyridine rings is 1. The highest BCUT2D eigenvalue weighted by atomic mass is 19.4.